The first-order valence-electron chi connectivity index (χ1n) is 7.04. The second-order valence-corrected chi connectivity index (χ2v) is 6.15. The molecule has 1 aliphatic heterocycles. The number of nitrogens with zero attached hydrogens (tertiary/aromatic N) is 1. The van der Waals surface area contributed by atoms with Crippen LogP contribution in [-0.4, -0.2) is 28.7 Å². The maximum Gasteiger partial charge on any atom is 0.163 e. The predicted molar refractivity (Wildman–Crippen MR) is 78.3 cm³/mol. The summed E-state index contributed by atoms with van der Waals surface area (Å²) in [4.78, 5) is 7.93. The lowest BCUT2D eigenvalue weighted by Crippen LogP contribution is -2.35. The van der Waals surface area contributed by atoms with Crippen LogP contribution in [0.15, 0.2) is 12.1 Å². The predicted octanol–water partition coefficient (Wildman–Crippen LogP) is 2.61. The summed E-state index contributed by atoms with van der Waals surface area (Å²) < 4.78 is 11.4. The van der Waals surface area contributed by atoms with E-state index in [1.807, 2.05) is 12.1 Å². The molecule has 0 unspecified atom stereocenters. The second-order valence-electron chi connectivity index (χ2n) is 6.15. The topological polar surface area (TPSA) is 59.2 Å². The number of fused-ring (bicyclic) bond motifs is 2. The highest BCUT2D eigenvalue weighted by Crippen LogP contribution is 2.33. The molecule has 0 saturated heterocycles. The normalized spacial score (nSPS) is 15.3. The van der Waals surface area contributed by atoms with Crippen molar-refractivity contribution in [1.82, 2.24) is 15.3 Å². The molecule has 0 bridgehead atoms. The largest absolute Gasteiger partial charge is 0.489 e. The van der Waals surface area contributed by atoms with Crippen LogP contribution in [0.5, 0.6) is 11.5 Å². The summed E-state index contributed by atoms with van der Waals surface area (Å²) in [5, 5.41) is 3.42. The molecule has 3 rings (SSSR count). The van der Waals surface area contributed by atoms with Crippen LogP contribution in [0.25, 0.3) is 11.0 Å². The van der Waals surface area contributed by atoms with E-state index < -0.39 is 0 Å². The molecule has 0 amide bonds. The van der Waals surface area contributed by atoms with E-state index in [-0.39, 0.29) is 5.54 Å². The first kappa shape index (κ1) is 13.2. The number of benzene rings is 1. The van der Waals surface area contributed by atoms with Gasteiger partial charge in [0.05, 0.1) is 30.8 Å². The highest BCUT2D eigenvalue weighted by Gasteiger charge is 2.15. The summed E-state index contributed by atoms with van der Waals surface area (Å²) in [5.74, 6) is 2.51. The minimum atomic E-state index is 0.0718. The Morgan fingerprint density at radius 2 is 1.90 bits per heavy atom. The van der Waals surface area contributed by atoms with E-state index in [0.29, 0.717) is 19.8 Å². The lowest BCUT2D eigenvalue weighted by molar-refractivity contribution is 0.297. The summed E-state index contributed by atoms with van der Waals surface area (Å²) in [7, 11) is 0. The quantitative estimate of drug-likeness (QED) is 0.884. The molecule has 20 heavy (non-hydrogen) atoms. The molecule has 108 valence electrons. The first-order chi connectivity index (χ1) is 9.51. The van der Waals surface area contributed by atoms with Crippen molar-refractivity contribution >= 4 is 11.0 Å². The Labute approximate surface area is 118 Å². The molecule has 2 aromatic rings. The van der Waals surface area contributed by atoms with Crippen molar-refractivity contribution in [3.8, 4) is 11.5 Å². The van der Waals surface area contributed by atoms with Gasteiger partial charge in [-0.2, -0.15) is 0 Å². The molecule has 2 heterocycles. The van der Waals surface area contributed by atoms with Crippen LogP contribution in [0.3, 0.4) is 0 Å². The zero-order chi connectivity index (χ0) is 14.2. The third-order valence-corrected chi connectivity index (χ3v) is 3.19. The van der Waals surface area contributed by atoms with Crippen LogP contribution in [0, 0.1) is 0 Å². The lowest BCUT2D eigenvalue weighted by atomic mass is 10.1. The molecule has 0 aliphatic carbocycles. The van der Waals surface area contributed by atoms with Crippen molar-refractivity contribution in [1.29, 1.82) is 0 Å². The Hall–Kier alpha value is -1.75. The van der Waals surface area contributed by atoms with Crippen LogP contribution >= 0.6 is 0 Å². The van der Waals surface area contributed by atoms with Gasteiger partial charge in [-0.25, -0.2) is 4.98 Å². The molecule has 5 heteroatoms. The number of hydrogen-bond acceptors (Lipinski definition) is 4. The average molecular weight is 275 g/mol. The van der Waals surface area contributed by atoms with Gasteiger partial charge < -0.3 is 19.8 Å². The summed E-state index contributed by atoms with van der Waals surface area (Å²) in [5.41, 5.74) is 1.97. The van der Waals surface area contributed by atoms with Crippen LogP contribution in [0.4, 0.5) is 0 Å². The highest BCUT2D eigenvalue weighted by molar-refractivity contribution is 5.79. The molecule has 1 aromatic carbocycles. The van der Waals surface area contributed by atoms with E-state index in [9.17, 15) is 0 Å². The summed E-state index contributed by atoms with van der Waals surface area (Å²) in [6.07, 6.45) is 0.913. The number of imidazole rings is 1. The average Bonchev–Trinajstić information content (AvgIpc) is 2.62. The van der Waals surface area contributed by atoms with Crippen LogP contribution in [0.1, 0.15) is 33.0 Å². The van der Waals surface area contributed by atoms with E-state index >= 15 is 0 Å². The number of H-pyrrole nitrogens is 1. The van der Waals surface area contributed by atoms with Gasteiger partial charge in [0.2, 0.25) is 0 Å². The molecule has 0 atom stereocenters. The van der Waals surface area contributed by atoms with Gasteiger partial charge >= 0.3 is 0 Å². The third kappa shape index (κ3) is 2.88. The highest BCUT2D eigenvalue weighted by atomic mass is 16.5. The fourth-order valence-corrected chi connectivity index (χ4v) is 2.15. The minimum Gasteiger partial charge on any atom is -0.489 e. The summed E-state index contributed by atoms with van der Waals surface area (Å²) >= 11 is 0. The Bertz CT molecular complexity index is 570. The summed E-state index contributed by atoms with van der Waals surface area (Å²) in [6.45, 7) is 8.52. The molecule has 0 saturated carbocycles. The van der Waals surface area contributed by atoms with Gasteiger partial charge in [-0.15, -0.1) is 0 Å². The smallest absolute Gasteiger partial charge is 0.163 e. The van der Waals surface area contributed by atoms with Crippen molar-refractivity contribution in [2.75, 3.05) is 13.2 Å². The third-order valence-electron chi connectivity index (χ3n) is 3.19. The molecule has 0 radical (unpaired) electrons. The molecule has 5 nitrogen and oxygen atoms in total. The first-order valence-corrected chi connectivity index (χ1v) is 7.04. The molecule has 1 aliphatic rings. The zero-order valence-corrected chi connectivity index (χ0v) is 12.2. The van der Waals surface area contributed by atoms with E-state index in [1.54, 1.807) is 0 Å². The van der Waals surface area contributed by atoms with E-state index in [4.69, 9.17) is 9.47 Å². The van der Waals surface area contributed by atoms with Crippen LogP contribution < -0.4 is 14.8 Å². The van der Waals surface area contributed by atoms with Gasteiger partial charge in [0.25, 0.3) is 0 Å². The number of aromatic amines is 1. The standard InChI is InChI=1S/C15H21N3O2/c1-15(2,3)16-9-14-17-10-7-12-13(8-11(10)18-14)20-6-4-5-19-12/h7-8,16H,4-6,9H2,1-3H3,(H,17,18). The zero-order valence-electron chi connectivity index (χ0n) is 12.2. The van der Waals surface area contributed by atoms with Gasteiger partial charge in [0.1, 0.15) is 5.82 Å². The van der Waals surface area contributed by atoms with Gasteiger partial charge in [0.15, 0.2) is 11.5 Å². The van der Waals surface area contributed by atoms with Gasteiger partial charge in [-0.1, -0.05) is 0 Å². The van der Waals surface area contributed by atoms with Crippen molar-refractivity contribution in [2.45, 2.75) is 39.3 Å². The fraction of sp³-hybridized carbons (Fsp3) is 0.533. The maximum atomic E-state index is 5.69. The van der Waals surface area contributed by atoms with Crippen molar-refractivity contribution in [2.24, 2.45) is 0 Å². The minimum absolute atomic E-state index is 0.0718. The number of aromatic nitrogens is 2. The number of ether oxygens (including phenoxy) is 2. The van der Waals surface area contributed by atoms with Crippen molar-refractivity contribution in [3.63, 3.8) is 0 Å². The number of hydrogen-bond donors (Lipinski definition) is 2. The van der Waals surface area contributed by atoms with E-state index in [2.05, 4.69) is 36.1 Å². The van der Waals surface area contributed by atoms with Crippen LogP contribution in [0.2, 0.25) is 0 Å². The number of rotatable bonds is 2. The monoisotopic (exact) mass is 275 g/mol. The Morgan fingerprint density at radius 1 is 1.20 bits per heavy atom. The maximum absolute atomic E-state index is 5.69. The molecular weight excluding hydrogens is 254 g/mol. The van der Waals surface area contributed by atoms with Gasteiger partial charge in [0, 0.05) is 24.1 Å². The fourth-order valence-electron chi connectivity index (χ4n) is 2.15. The van der Waals surface area contributed by atoms with E-state index in [0.717, 1.165) is 34.8 Å². The number of nitrogens with one attached hydrogen (secondary N) is 2. The Kier molecular flexibility index (Phi) is 3.30. The van der Waals surface area contributed by atoms with Gasteiger partial charge in [-0.05, 0) is 20.8 Å². The summed E-state index contributed by atoms with van der Waals surface area (Å²) in [6, 6.07) is 3.93. The second kappa shape index (κ2) is 4.98. The van der Waals surface area contributed by atoms with Crippen LogP contribution in [-0.2, 0) is 6.54 Å². The molecule has 0 spiro atoms. The SMILES string of the molecule is CC(C)(C)NCc1nc2cc3c(cc2[nH]1)OCCCO3. The molecule has 2 N–H and O–H groups in total. The van der Waals surface area contributed by atoms with Crippen molar-refractivity contribution in [3.05, 3.63) is 18.0 Å². The van der Waals surface area contributed by atoms with Gasteiger partial charge in [-0.3, -0.25) is 0 Å². The van der Waals surface area contributed by atoms with E-state index in [1.165, 1.54) is 0 Å². The Morgan fingerprint density at radius 3 is 2.60 bits per heavy atom. The van der Waals surface area contributed by atoms with Crippen molar-refractivity contribution < 1.29 is 9.47 Å². The lowest BCUT2D eigenvalue weighted by Gasteiger charge is -2.19. The Balaban J connectivity index is 1.88. The molecule has 0 fully saturated rings. The molecule has 1 aromatic heterocycles. The molecular formula is C15H21N3O2.